The maximum atomic E-state index is 12.1. The zero-order valence-electron chi connectivity index (χ0n) is 11.4. The van der Waals surface area contributed by atoms with Gasteiger partial charge in [-0.05, 0) is 36.1 Å². The Balaban J connectivity index is 1.57. The van der Waals surface area contributed by atoms with Crippen LogP contribution in [-0.4, -0.2) is 19.0 Å². The van der Waals surface area contributed by atoms with E-state index >= 15 is 0 Å². The number of fused-ring (bicyclic) bond motifs is 1. The zero-order chi connectivity index (χ0) is 13.8. The van der Waals surface area contributed by atoms with Gasteiger partial charge in [0.15, 0.2) is 0 Å². The van der Waals surface area contributed by atoms with E-state index in [1.807, 2.05) is 36.4 Å². The summed E-state index contributed by atoms with van der Waals surface area (Å²) in [5, 5.41) is 6.27. The summed E-state index contributed by atoms with van der Waals surface area (Å²) in [5.41, 5.74) is 4.36. The molecule has 0 aliphatic carbocycles. The quantitative estimate of drug-likeness (QED) is 0.893. The molecular formula is C17H18N2O. The molecule has 0 radical (unpaired) electrons. The second-order valence-corrected chi connectivity index (χ2v) is 5.04. The molecule has 2 aromatic carbocycles. The minimum Gasteiger partial charge on any atom is -0.384 e. The highest BCUT2D eigenvalue weighted by molar-refractivity contribution is 5.95. The summed E-state index contributed by atoms with van der Waals surface area (Å²) in [6, 6.07) is 16.1. The maximum absolute atomic E-state index is 12.1. The molecule has 3 rings (SSSR count). The predicted octanol–water partition coefficient (Wildman–Crippen LogP) is 2.63. The molecular weight excluding hydrogens is 248 g/mol. The Labute approximate surface area is 119 Å². The topological polar surface area (TPSA) is 41.1 Å². The molecule has 1 heterocycles. The van der Waals surface area contributed by atoms with Gasteiger partial charge in [-0.15, -0.1) is 0 Å². The number of hydrogen-bond acceptors (Lipinski definition) is 2. The third kappa shape index (κ3) is 2.82. The molecule has 0 spiro atoms. The molecule has 3 heteroatoms. The van der Waals surface area contributed by atoms with Gasteiger partial charge in [0, 0.05) is 24.3 Å². The maximum Gasteiger partial charge on any atom is 0.251 e. The normalized spacial score (nSPS) is 12.6. The largest absolute Gasteiger partial charge is 0.384 e. The van der Waals surface area contributed by atoms with Crippen LogP contribution in [0.3, 0.4) is 0 Å². The van der Waals surface area contributed by atoms with Crippen LogP contribution in [0.1, 0.15) is 21.5 Å². The summed E-state index contributed by atoms with van der Waals surface area (Å²) < 4.78 is 0. The Hall–Kier alpha value is -2.29. The minimum absolute atomic E-state index is 0.00238. The van der Waals surface area contributed by atoms with Crippen molar-refractivity contribution in [1.82, 2.24) is 5.32 Å². The number of hydrogen-bond donors (Lipinski definition) is 2. The smallest absolute Gasteiger partial charge is 0.251 e. The lowest BCUT2D eigenvalue weighted by molar-refractivity contribution is 0.0954. The summed E-state index contributed by atoms with van der Waals surface area (Å²) in [4.78, 5) is 12.1. The fraction of sp³-hybridized carbons (Fsp3) is 0.235. The summed E-state index contributed by atoms with van der Waals surface area (Å²) in [7, 11) is 0. The number of nitrogens with one attached hydrogen (secondary N) is 2. The van der Waals surface area contributed by atoms with Gasteiger partial charge >= 0.3 is 0 Å². The van der Waals surface area contributed by atoms with Crippen LogP contribution in [0.15, 0.2) is 48.5 Å². The molecule has 0 saturated carbocycles. The van der Waals surface area contributed by atoms with Crippen LogP contribution < -0.4 is 10.6 Å². The predicted molar refractivity (Wildman–Crippen MR) is 81.1 cm³/mol. The third-order valence-electron chi connectivity index (χ3n) is 3.62. The fourth-order valence-corrected chi connectivity index (χ4v) is 2.50. The van der Waals surface area contributed by atoms with Crippen LogP contribution in [0.4, 0.5) is 5.69 Å². The van der Waals surface area contributed by atoms with Crippen molar-refractivity contribution in [2.75, 3.05) is 18.4 Å². The summed E-state index contributed by atoms with van der Waals surface area (Å²) >= 11 is 0. The average Bonchev–Trinajstić information content (AvgIpc) is 2.95. The van der Waals surface area contributed by atoms with Crippen LogP contribution in [0.2, 0.25) is 0 Å². The van der Waals surface area contributed by atoms with Gasteiger partial charge in [-0.3, -0.25) is 4.79 Å². The standard InChI is InChI=1S/C17H18N2O/c20-17(19-10-8-13-4-2-1-3-5-13)15-7-6-14-9-11-18-16(14)12-15/h1-7,12,18H,8-11H2,(H,19,20). The SMILES string of the molecule is O=C(NCCc1ccccc1)c1ccc2c(c1)NCC2. The van der Waals surface area contributed by atoms with Gasteiger partial charge in [-0.25, -0.2) is 0 Å². The first kappa shape index (κ1) is 12.7. The fourth-order valence-electron chi connectivity index (χ4n) is 2.50. The van der Waals surface area contributed by atoms with Crippen LogP contribution >= 0.6 is 0 Å². The highest BCUT2D eigenvalue weighted by Gasteiger charge is 2.12. The van der Waals surface area contributed by atoms with Gasteiger partial charge in [0.05, 0.1) is 0 Å². The van der Waals surface area contributed by atoms with Crippen molar-refractivity contribution in [1.29, 1.82) is 0 Å². The molecule has 0 aromatic heterocycles. The van der Waals surface area contributed by atoms with Gasteiger partial charge in [0.1, 0.15) is 0 Å². The first-order chi connectivity index (χ1) is 9.83. The number of anilines is 1. The number of amides is 1. The van der Waals surface area contributed by atoms with Gasteiger partial charge < -0.3 is 10.6 Å². The van der Waals surface area contributed by atoms with Crippen LogP contribution in [-0.2, 0) is 12.8 Å². The lowest BCUT2D eigenvalue weighted by atomic mass is 10.1. The van der Waals surface area contributed by atoms with Crippen molar-refractivity contribution < 1.29 is 4.79 Å². The van der Waals surface area contributed by atoms with Gasteiger partial charge in [0.25, 0.3) is 5.91 Å². The first-order valence-corrected chi connectivity index (χ1v) is 7.02. The molecule has 1 aliphatic rings. The monoisotopic (exact) mass is 266 g/mol. The Morgan fingerprint density at radius 3 is 2.85 bits per heavy atom. The van der Waals surface area contributed by atoms with Crippen molar-refractivity contribution in [3.63, 3.8) is 0 Å². The van der Waals surface area contributed by atoms with Crippen molar-refractivity contribution >= 4 is 11.6 Å². The Morgan fingerprint density at radius 1 is 1.15 bits per heavy atom. The highest BCUT2D eigenvalue weighted by atomic mass is 16.1. The van der Waals surface area contributed by atoms with E-state index < -0.39 is 0 Å². The Kier molecular flexibility index (Phi) is 3.68. The van der Waals surface area contributed by atoms with E-state index in [2.05, 4.69) is 22.8 Å². The Morgan fingerprint density at radius 2 is 2.00 bits per heavy atom. The van der Waals surface area contributed by atoms with E-state index in [4.69, 9.17) is 0 Å². The molecule has 102 valence electrons. The van der Waals surface area contributed by atoms with E-state index in [0.717, 1.165) is 30.6 Å². The molecule has 2 aromatic rings. The highest BCUT2D eigenvalue weighted by Crippen LogP contribution is 2.23. The number of rotatable bonds is 4. The van der Waals surface area contributed by atoms with E-state index in [0.29, 0.717) is 6.54 Å². The number of carbonyl (C=O) groups is 1. The zero-order valence-corrected chi connectivity index (χ0v) is 11.4. The minimum atomic E-state index is -0.00238. The van der Waals surface area contributed by atoms with Crippen LogP contribution in [0, 0.1) is 0 Å². The molecule has 0 unspecified atom stereocenters. The van der Waals surface area contributed by atoms with E-state index in [9.17, 15) is 4.79 Å². The summed E-state index contributed by atoms with van der Waals surface area (Å²) in [5.74, 6) is -0.00238. The molecule has 0 saturated heterocycles. The van der Waals surface area contributed by atoms with E-state index in [1.54, 1.807) is 0 Å². The molecule has 1 amide bonds. The van der Waals surface area contributed by atoms with Crippen LogP contribution in [0.5, 0.6) is 0 Å². The summed E-state index contributed by atoms with van der Waals surface area (Å²) in [6.45, 7) is 1.63. The third-order valence-corrected chi connectivity index (χ3v) is 3.62. The number of benzene rings is 2. The van der Waals surface area contributed by atoms with E-state index in [1.165, 1.54) is 11.1 Å². The van der Waals surface area contributed by atoms with Crippen molar-refractivity contribution in [3.8, 4) is 0 Å². The van der Waals surface area contributed by atoms with Crippen molar-refractivity contribution in [2.45, 2.75) is 12.8 Å². The van der Waals surface area contributed by atoms with E-state index in [-0.39, 0.29) is 5.91 Å². The molecule has 2 N–H and O–H groups in total. The lowest BCUT2D eigenvalue weighted by Crippen LogP contribution is -2.25. The number of carbonyl (C=O) groups excluding carboxylic acids is 1. The second-order valence-electron chi connectivity index (χ2n) is 5.04. The second kappa shape index (κ2) is 5.78. The molecule has 1 aliphatic heterocycles. The molecule has 0 atom stereocenters. The van der Waals surface area contributed by atoms with Gasteiger partial charge in [-0.2, -0.15) is 0 Å². The van der Waals surface area contributed by atoms with Crippen molar-refractivity contribution in [2.24, 2.45) is 0 Å². The van der Waals surface area contributed by atoms with Crippen molar-refractivity contribution in [3.05, 3.63) is 65.2 Å². The van der Waals surface area contributed by atoms with Gasteiger partial charge in [0.2, 0.25) is 0 Å². The lowest BCUT2D eigenvalue weighted by Gasteiger charge is -2.07. The average molecular weight is 266 g/mol. The molecule has 3 nitrogen and oxygen atoms in total. The van der Waals surface area contributed by atoms with Gasteiger partial charge in [-0.1, -0.05) is 36.4 Å². The Bertz CT molecular complexity index is 608. The molecule has 20 heavy (non-hydrogen) atoms. The summed E-state index contributed by atoms with van der Waals surface area (Å²) in [6.07, 6.45) is 1.90. The molecule has 0 fully saturated rings. The molecule has 0 bridgehead atoms. The van der Waals surface area contributed by atoms with Crippen LogP contribution in [0.25, 0.3) is 0 Å². The first-order valence-electron chi connectivity index (χ1n) is 7.02.